The molecule has 0 aliphatic rings. The van der Waals surface area contributed by atoms with Crippen molar-refractivity contribution in [3.05, 3.63) is 106 Å². The molecule has 0 aromatic heterocycles. The Morgan fingerprint density at radius 2 is 0.725 bits per heavy atom. The van der Waals surface area contributed by atoms with Crippen molar-refractivity contribution < 1.29 is 29.7 Å². The molecule has 3 rings (SSSR count). The van der Waals surface area contributed by atoms with Gasteiger partial charge in [-0.3, -0.25) is 4.90 Å². The molecule has 3 aromatic carbocycles. The van der Waals surface area contributed by atoms with Crippen molar-refractivity contribution >= 4 is 17.9 Å². The molecule has 3 aromatic rings. The van der Waals surface area contributed by atoms with Gasteiger partial charge in [-0.25, -0.2) is 14.4 Å². The summed E-state index contributed by atoms with van der Waals surface area (Å²) in [5.41, 5.74) is 22.9. The van der Waals surface area contributed by atoms with E-state index in [1.54, 1.807) is 72.8 Å². The van der Waals surface area contributed by atoms with Crippen LogP contribution in [0.4, 0.5) is 0 Å². The summed E-state index contributed by atoms with van der Waals surface area (Å²) in [6, 6.07) is 19.1. The lowest BCUT2D eigenvalue weighted by molar-refractivity contribution is 0.0686. The normalized spacial score (nSPS) is 13.5. The number of aromatic carboxylic acids is 3. The molecule has 0 bridgehead atoms. The van der Waals surface area contributed by atoms with Gasteiger partial charge in [0.15, 0.2) is 0 Å². The van der Waals surface area contributed by atoms with Crippen molar-refractivity contribution in [3.8, 4) is 0 Å². The Bertz CT molecular complexity index is 1120. The van der Waals surface area contributed by atoms with E-state index in [-0.39, 0.29) is 34.8 Å². The van der Waals surface area contributed by atoms with Gasteiger partial charge in [0.1, 0.15) is 0 Å². The molecule has 3 unspecified atom stereocenters. The Kier molecular flexibility index (Phi) is 10.9. The van der Waals surface area contributed by atoms with Gasteiger partial charge in [0.05, 0.1) is 16.7 Å². The maximum absolute atomic E-state index is 11.1. The van der Waals surface area contributed by atoms with E-state index in [9.17, 15) is 14.4 Å². The van der Waals surface area contributed by atoms with Gasteiger partial charge in [0.2, 0.25) is 0 Å². The van der Waals surface area contributed by atoms with E-state index in [2.05, 4.69) is 4.90 Å². The van der Waals surface area contributed by atoms with Crippen LogP contribution >= 0.6 is 0 Å². The van der Waals surface area contributed by atoms with Crippen LogP contribution in [0.15, 0.2) is 72.8 Å². The third-order valence-corrected chi connectivity index (χ3v) is 6.57. The van der Waals surface area contributed by atoms with E-state index in [0.717, 1.165) is 16.7 Å². The minimum absolute atomic E-state index is 0.212. The predicted octanol–water partition coefficient (Wildman–Crippen LogP) is 2.09. The van der Waals surface area contributed by atoms with Crippen LogP contribution in [0.2, 0.25) is 0 Å². The minimum atomic E-state index is -0.986. The van der Waals surface area contributed by atoms with E-state index in [0.29, 0.717) is 38.9 Å². The minimum Gasteiger partial charge on any atom is -0.478 e. The van der Waals surface area contributed by atoms with Crippen LogP contribution in [0.5, 0.6) is 0 Å². The number of carboxylic acids is 3. The molecule has 9 N–H and O–H groups in total. The third kappa shape index (κ3) is 9.58. The monoisotopic (exact) mass is 548 g/mol. The first-order valence-electron chi connectivity index (χ1n) is 13.0. The van der Waals surface area contributed by atoms with Crippen LogP contribution in [-0.2, 0) is 19.3 Å². The number of rotatable bonds is 15. The lowest BCUT2D eigenvalue weighted by Crippen LogP contribution is -2.49. The van der Waals surface area contributed by atoms with E-state index < -0.39 is 17.9 Å². The van der Waals surface area contributed by atoms with E-state index >= 15 is 0 Å². The van der Waals surface area contributed by atoms with Gasteiger partial charge in [-0.2, -0.15) is 0 Å². The molecule has 0 spiro atoms. The highest BCUT2D eigenvalue weighted by Gasteiger charge is 2.19. The second-order valence-corrected chi connectivity index (χ2v) is 10.1. The number of nitrogens with two attached hydrogens (primary N) is 3. The number of carbonyl (C=O) groups is 3. The van der Waals surface area contributed by atoms with Crippen LogP contribution in [0, 0.1) is 0 Å². The molecule has 0 saturated heterocycles. The van der Waals surface area contributed by atoms with Gasteiger partial charge in [-0.15, -0.1) is 0 Å². The SMILES string of the molecule is NC(Cc1ccc(C(=O)O)cc1)CN(CC(N)Cc1ccc(C(=O)O)cc1)CC(N)Cc1ccc(C(=O)O)cc1. The fourth-order valence-electron chi connectivity index (χ4n) is 4.67. The summed E-state index contributed by atoms with van der Waals surface area (Å²) < 4.78 is 0. The van der Waals surface area contributed by atoms with Crippen LogP contribution in [0.1, 0.15) is 47.8 Å². The number of nitrogens with zero attached hydrogens (tertiary/aromatic N) is 1. The summed E-state index contributed by atoms with van der Waals surface area (Å²) in [5, 5.41) is 27.4. The summed E-state index contributed by atoms with van der Waals surface area (Å²) in [4.78, 5) is 35.5. The zero-order valence-electron chi connectivity index (χ0n) is 22.1. The summed E-state index contributed by atoms with van der Waals surface area (Å²) in [6.07, 6.45) is 1.61. The van der Waals surface area contributed by atoms with Gasteiger partial charge < -0.3 is 32.5 Å². The predicted molar refractivity (Wildman–Crippen MR) is 152 cm³/mol. The molecular formula is C30H36N4O6. The standard InChI is InChI=1S/C30H36N4O6/c31-25(13-19-1-7-22(8-2-19)28(35)36)16-34(17-26(32)14-20-3-9-23(10-4-20)29(37)38)18-27(33)15-21-5-11-24(12-6-21)30(39)40/h1-12,25-27H,13-18,31-33H2,(H,35,36)(H,37,38)(H,39,40). The van der Waals surface area contributed by atoms with E-state index in [4.69, 9.17) is 32.5 Å². The van der Waals surface area contributed by atoms with Gasteiger partial charge in [0.25, 0.3) is 0 Å². The van der Waals surface area contributed by atoms with Crippen LogP contribution in [0.3, 0.4) is 0 Å². The van der Waals surface area contributed by atoms with Crippen molar-refractivity contribution in [1.29, 1.82) is 0 Å². The Balaban J connectivity index is 1.66. The molecule has 0 radical (unpaired) electrons. The second kappa shape index (κ2) is 14.3. The topological polar surface area (TPSA) is 193 Å². The van der Waals surface area contributed by atoms with Gasteiger partial charge >= 0.3 is 17.9 Å². The first-order chi connectivity index (χ1) is 19.0. The molecule has 10 nitrogen and oxygen atoms in total. The summed E-state index contributed by atoms with van der Waals surface area (Å²) >= 11 is 0. The number of hydrogen-bond acceptors (Lipinski definition) is 7. The number of benzene rings is 3. The van der Waals surface area contributed by atoms with Crippen LogP contribution < -0.4 is 17.2 Å². The third-order valence-electron chi connectivity index (χ3n) is 6.57. The lowest BCUT2D eigenvalue weighted by Gasteiger charge is -2.30. The summed E-state index contributed by atoms with van der Waals surface area (Å²) in [5.74, 6) is -2.96. The van der Waals surface area contributed by atoms with Crippen molar-refractivity contribution in [3.63, 3.8) is 0 Å². The van der Waals surface area contributed by atoms with E-state index in [1.165, 1.54) is 0 Å². The van der Waals surface area contributed by atoms with Gasteiger partial charge in [0, 0.05) is 37.8 Å². The van der Waals surface area contributed by atoms with Crippen LogP contribution in [-0.4, -0.2) is 75.9 Å². The average Bonchev–Trinajstić information content (AvgIpc) is 2.89. The van der Waals surface area contributed by atoms with Gasteiger partial charge in [-0.05, 0) is 72.4 Å². The molecule has 0 saturated carbocycles. The second-order valence-electron chi connectivity index (χ2n) is 10.1. The van der Waals surface area contributed by atoms with Crippen molar-refractivity contribution in [1.82, 2.24) is 4.90 Å². The first kappa shape index (κ1) is 30.5. The highest BCUT2D eigenvalue weighted by atomic mass is 16.4. The van der Waals surface area contributed by atoms with Crippen LogP contribution in [0.25, 0.3) is 0 Å². The summed E-state index contributed by atoms with van der Waals surface area (Å²) in [6.45, 7) is 1.49. The summed E-state index contributed by atoms with van der Waals surface area (Å²) in [7, 11) is 0. The Morgan fingerprint density at radius 3 is 0.925 bits per heavy atom. The largest absolute Gasteiger partial charge is 0.478 e. The number of carboxylic acid groups (broad SMARTS) is 3. The zero-order valence-corrected chi connectivity index (χ0v) is 22.1. The first-order valence-corrected chi connectivity index (χ1v) is 13.0. The van der Waals surface area contributed by atoms with E-state index in [1.807, 2.05) is 0 Å². The van der Waals surface area contributed by atoms with Crippen molar-refractivity contribution in [2.24, 2.45) is 17.2 Å². The average molecular weight is 549 g/mol. The molecule has 0 aliphatic heterocycles. The molecule has 40 heavy (non-hydrogen) atoms. The lowest BCUT2D eigenvalue weighted by atomic mass is 10.0. The molecule has 10 heteroatoms. The fraction of sp³-hybridized carbons (Fsp3) is 0.300. The van der Waals surface area contributed by atoms with Gasteiger partial charge in [-0.1, -0.05) is 36.4 Å². The molecule has 0 aliphatic carbocycles. The maximum Gasteiger partial charge on any atom is 0.335 e. The zero-order chi connectivity index (χ0) is 29.2. The molecule has 3 atom stereocenters. The number of hydrogen-bond donors (Lipinski definition) is 6. The molecule has 0 heterocycles. The fourth-order valence-corrected chi connectivity index (χ4v) is 4.67. The molecule has 212 valence electrons. The molecule has 0 fully saturated rings. The quantitative estimate of drug-likeness (QED) is 0.164. The highest BCUT2D eigenvalue weighted by Crippen LogP contribution is 2.12. The molecular weight excluding hydrogens is 512 g/mol. The maximum atomic E-state index is 11.1. The Hall–Kier alpha value is -4.09. The highest BCUT2D eigenvalue weighted by molar-refractivity contribution is 5.88. The molecule has 0 amide bonds. The Labute approximate surface area is 233 Å². The smallest absolute Gasteiger partial charge is 0.335 e. The van der Waals surface area contributed by atoms with Crippen molar-refractivity contribution in [2.45, 2.75) is 37.4 Å². The van der Waals surface area contributed by atoms with Crippen molar-refractivity contribution in [2.75, 3.05) is 19.6 Å². The Morgan fingerprint density at radius 1 is 0.500 bits per heavy atom.